The molecule has 0 unspecified atom stereocenters. The van der Waals surface area contributed by atoms with E-state index in [-0.39, 0.29) is 5.41 Å². The fourth-order valence-electron chi connectivity index (χ4n) is 6.42. The third-order valence-electron chi connectivity index (χ3n) is 8.48. The zero-order chi connectivity index (χ0) is 26.9. The molecule has 2 N–H and O–H groups in total. The molecule has 2 aromatic heterocycles. The molecule has 5 rings (SSSR count). The summed E-state index contributed by atoms with van der Waals surface area (Å²) >= 11 is 0. The van der Waals surface area contributed by atoms with E-state index in [0.29, 0.717) is 11.6 Å². The molecule has 0 bridgehead atoms. The van der Waals surface area contributed by atoms with Crippen LogP contribution in [0.3, 0.4) is 0 Å². The van der Waals surface area contributed by atoms with Gasteiger partial charge >= 0.3 is 0 Å². The van der Waals surface area contributed by atoms with Crippen molar-refractivity contribution in [2.24, 2.45) is 0 Å². The first-order valence-electron chi connectivity index (χ1n) is 15.0. The average molecular weight is 527 g/mol. The minimum Gasteiger partial charge on any atom is -0.177 e. The number of hydrogen-bond donors (Lipinski definition) is 2. The molecule has 206 valence electrons. The Kier molecular flexibility index (Phi) is 9.12. The largest absolute Gasteiger partial charge is 0.204 e. The fraction of sp³-hybridized carbons (Fsp3) is 0.548. The molecule has 8 heteroatoms. The van der Waals surface area contributed by atoms with Gasteiger partial charge in [-0.2, -0.15) is 10.4 Å². The van der Waals surface area contributed by atoms with Gasteiger partial charge in [-0.3, -0.25) is 0 Å². The number of aromatic amines is 2. The molecular formula is C31H42N8. The summed E-state index contributed by atoms with van der Waals surface area (Å²) in [5.41, 5.74) is 7.45. The van der Waals surface area contributed by atoms with Gasteiger partial charge in [-0.1, -0.05) is 115 Å². The second kappa shape index (κ2) is 13.1. The van der Waals surface area contributed by atoms with Crippen LogP contribution in [0.5, 0.6) is 0 Å². The molecule has 0 amide bonds. The lowest BCUT2D eigenvalue weighted by molar-refractivity contribution is 0.398. The molecule has 2 heterocycles. The van der Waals surface area contributed by atoms with E-state index < -0.39 is 0 Å². The first-order chi connectivity index (χ1) is 19.3. The van der Waals surface area contributed by atoms with E-state index in [9.17, 15) is 0 Å². The van der Waals surface area contributed by atoms with Crippen LogP contribution in [0.2, 0.25) is 0 Å². The van der Waals surface area contributed by atoms with Gasteiger partial charge in [0, 0.05) is 16.5 Å². The molecular weight excluding hydrogens is 484 g/mol. The standard InChI is InChI=1S/C31H42N8/c1-3-5-7-9-11-13-19-31(20-14-12-10-8-6-4-2)27-21-23(29-32-36-37-33-29)15-17-25(27)26-18-16-24(22-28(26)31)30-34-38-39-35-30/h15-18,21-22H,3-14,19-20H2,1-2H3,(H,32,33,36,37)(H,34,35,38,39). The molecule has 0 aliphatic heterocycles. The lowest BCUT2D eigenvalue weighted by Gasteiger charge is -2.33. The Hall–Kier alpha value is -3.42. The topological polar surface area (TPSA) is 109 Å². The van der Waals surface area contributed by atoms with Crippen LogP contribution in [0.25, 0.3) is 33.9 Å². The van der Waals surface area contributed by atoms with Crippen molar-refractivity contribution < 1.29 is 0 Å². The van der Waals surface area contributed by atoms with Gasteiger partial charge in [0.25, 0.3) is 0 Å². The van der Waals surface area contributed by atoms with Gasteiger partial charge in [0.2, 0.25) is 11.6 Å². The average Bonchev–Trinajstić information content (AvgIpc) is 3.74. The number of tetrazole rings is 2. The zero-order valence-corrected chi connectivity index (χ0v) is 23.5. The zero-order valence-electron chi connectivity index (χ0n) is 23.5. The maximum Gasteiger partial charge on any atom is 0.204 e. The summed E-state index contributed by atoms with van der Waals surface area (Å²) in [6, 6.07) is 13.5. The molecule has 0 radical (unpaired) electrons. The first kappa shape index (κ1) is 27.2. The van der Waals surface area contributed by atoms with Crippen molar-refractivity contribution in [1.29, 1.82) is 0 Å². The van der Waals surface area contributed by atoms with Crippen molar-refractivity contribution in [2.75, 3.05) is 0 Å². The van der Waals surface area contributed by atoms with E-state index in [4.69, 9.17) is 0 Å². The highest BCUT2D eigenvalue weighted by Crippen LogP contribution is 2.55. The van der Waals surface area contributed by atoms with E-state index in [1.807, 2.05) is 0 Å². The molecule has 0 saturated heterocycles. The summed E-state index contributed by atoms with van der Waals surface area (Å²) in [6.07, 6.45) is 17.8. The minimum absolute atomic E-state index is 0.0559. The van der Waals surface area contributed by atoms with Crippen LogP contribution in [0.1, 0.15) is 115 Å². The highest BCUT2D eigenvalue weighted by molar-refractivity contribution is 5.85. The van der Waals surface area contributed by atoms with Gasteiger partial charge < -0.3 is 0 Å². The summed E-state index contributed by atoms with van der Waals surface area (Å²) in [6.45, 7) is 4.56. The number of unbranched alkanes of at least 4 members (excludes halogenated alkanes) is 10. The summed E-state index contributed by atoms with van der Waals surface area (Å²) < 4.78 is 0. The van der Waals surface area contributed by atoms with Gasteiger partial charge in [0.05, 0.1) is 0 Å². The van der Waals surface area contributed by atoms with Crippen LogP contribution in [-0.4, -0.2) is 41.2 Å². The Labute approximate surface area is 231 Å². The summed E-state index contributed by atoms with van der Waals surface area (Å²) in [4.78, 5) is 0. The summed E-state index contributed by atoms with van der Waals surface area (Å²) in [7, 11) is 0. The molecule has 2 aromatic carbocycles. The minimum atomic E-state index is -0.0559. The molecule has 8 nitrogen and oxygen atoms in total. The second-order valence-electron chi connectivity index (χ2n) is 11.1. The Balaban J connectivity index is 1.53. The number of fused-ring (bicyclic) bond motifs is 3. The van der Waals surface area contributed by atoms with Crippen molar-refractivity contribution in [3.63, 3.8) is 0 Å². The highest BCUT2D eigenvalue weighted by atomic mass is 15.5. The van der Waals surface area contributed by atoms with E-state index in [1.54, 1.807) is 0 Å². The maximum atomic E-state index is 4.29. The third kappa shape index (κ3) is 5.94. The Morgan fingerprint density at radius 1 is 0.564 bits per heavy atom. The predicted molar refractivity (Wildman–Crippen MR) is 155 cm³/mol. The molecule has 4 aromatic rings. The molecule has 1 aliphatic carbocycles. The number of rotatable bonds is 16. The number of aromatic nitrogens is 8. The number of hydrogen-bond acceptors (Lipinski definition) is 6. The van der Waals surface area contributed by atoms with E-state index >= 15 is 0 Å². The third-order valence-corrected chi connectivity index (χ3v) is 8.48. The van der Waals surface area contributed by atoms with Gasteiger partial charge in [-0.15, -0.1) is 20.4 Å². The van der Waals surface area contributed by atoms with Crippen molar-refractivity contribution in [2.45, 2.75) is 109 Å². The van der Waals surface area contributed by atoms with E-state index in [2.05, 4.69) is 91.5 Å². The Morgan fingerprint density at radius 2 is 1.00 bits per heavy atom. The highest BCUT2D eigenvalue weighted by Gasteiger charge is 2.42. The van der Waals surface area contributed by atoms with Crippen molar-refractivity contribution in [3.05, 3.63) is 47.5 Å². The number of nitrogens with one attached hydrogen (secondary N) is 2. The molecule has 39 heavy (non-hydrogen) atoms. The van der Waals surface area contributed by atoms with Crippen LogP contribution >= 0.6 is 0 Å². The monoisotopic (exact) mass is 526 g/mol. The number of benzene rings is 2. The van der Waals surface area contributed by atoms with Crippen molar-refractivity contribution in [3.8, 4) is 33.9 Å². The molecule has 0 saturated carbocycles. The fourth-order valence-corrected chi connectivity index (χ4v) is 6.42. The summed E-state index contributed by atoms with van der Waals surface area (Å²) in [5.74, 6) is 1.29. The first-order valence-corrected chi connectivity index (χ1v) is 15.0. The summed E-state index contributed by atoms with van der Waals surface area (Å²) in [5, 5.41) is 30.0. The van der Waals surface area contributed by atoms with Crippen molar-refractivity contribution >= 4 is 0 Å². The van der Waals surface area contributed by atoms with Crippen LogP contribution in [0, 0.1) is 0 Å². The smallest absolute Gasteiger partial charge is 0.177 e. The number of nitrogens with zero attached hydrogens (tertiary/aromatic N) is 6. The van der Waals surface area contributed by atoms with Crippen LogP contribution in [0.4, 0.5) is 0 Å². The molecule has 0 fully saturated rings. The SMILES string of the molecule is CCCCCCCCC1(CCCCCCCC)c2cc(-c3nn[nH]n3)ccc2-c2ccc(-c3nn[nH]n3)cc21. The van der Waals surface area contributed by atoms with Crippen LogP contribution in [-0.2, 0) is 5.41 Å². The molecule has 1 aliphatic rings. The molecule has 0 spiro atoms. The number of H-pyrrole nitrogens is 2. The molecule has 0 atom stereocenters. The van der Waals surface area contributed by atoms with Crippen molar-refractivity contribution in [1.82, 2.24) is 41.2 Å². The Bertz CT molecular complexity index is 1190. The predicted octanol–water partition coefficient (Wildman–Crippen LogP) is 7.81. The van der Waals surface area contributed by atoms with E-state index in [0.717, 1.165) is 24.0 Å². The van der Waals surface area contributed by atoms with E-state index in [1.165, 1.54) is 99.3 Å². The van der Waals surface area contributed by atoms with Gasteiger partial charge in [0.1, 0.15) is 0 Å². The maximum absolute atomic E-state index is 4.29. The van der Waals surface area contributed by atoms with Crippen LogP contribution in [0.15, 0.2) is 36.4 Å². The quantitative estimate of drug-likeness (QED) is 0.144. The lowest BCUT2D eigenvalue weighted by atomic mass is 9.70. The van der Waals surface area contributed by atoms with Crippen LogP contribution < -0.4 is 0 Å². The van der Waals surface area contributed by atoms with Gasteiger partial charge in [-0.05, 0) is 57.7 Å². The lowest BCUT2D eigenvalue weighted by Crippen LogP contribution is -2.25. The Morgan fingerprint density at radius 3 is 1.41 bits per heavy atom. The van der Waals surface area contributed by atoms with Gasteiger partial charge in [-0.25, -0.2) is 0 Å². The second-order valence-corrected chi connectivity index (χ2v) is 11.1. The van der Waals surface area contributed by atoms with Gasteiger partial charge in [0.15, 0.2) is 0 Å². The normalized spacial score (nSPS) is 13.5.